The smallest absolute Gasteiger partial charge is 0.339 e. The molecule has 1 fully saturated rings. The van der Waals surface area contributed by atoms with Gasteiger partial charge in [-0.15, -0.1) is 0 Å². The van der Waals surface area contributed by atoms with Crippen LogP contribution in [0.1, 0.15) is 35.2 Å². The van der Waals surface area contributed by atoms with Crippen molar-refractivity contribution in [2.45, 2.75) is 25.4 Å². The van der Waals surface area contributed by atoms with E-state index in [1.54, 1.807) is 4.90 Å². The first-order chi connectivity index (χ1) is 12.4. The lowest BCUT2D eigenvalue weighted by Crippen LogP contribution is -2.52. The van der Waals surface area contributed by atoms with Crippen molar-refractivity contribution in [3.63, 3.8) is 0 Å². The Morgan fingerprint density at radius 2 is 1.69 bits per heavy atom. The maximum atomic E-state index is 12.8. The van der Waals surface area contributed by atoms with Crippen molar-refractivity contribution in [2.75, 3.05) is 26.2 Å². The third kappa shape index (κ3) is 4.08. The minimum Gasteiger partial charge on any atom is -0.339 e. The fraction of sp³-hybridized carbons (Fsp3) is 0.474. The molecule has 0 radical (unpaired) electrons. The fourth-order valence-corrected chi connectivity index (χ4v) is 3.42. The maximum Gasteiger partial charge on any atom is 0.416 e. The van der Waals surface area contributed by atoms with Crippen molar-refractivity contribution in [1.29, 1.82) is 0 Å². The first-order valence-corrected chi connectivity index (χ1v) is 8.76. The lowest BCUT2D eigenvalue weighted by Gasteiger charge is -2.36. The first-order valence-electron chi connectivity index (χ1n) is 8.76. The van der Waals surface area contributed by atoms with E-state index in [1.807, 2.05) is 6.08 Å². The fourth-order valence-electron chi connectivity index (χ4n) is 3.42. The summed E-state index contributed by atoms with van der Waals surface area (Å²) in [6.45, 7) is 1.51. The van der Waals surface area contributed by atoms with E-state index in [-0.39, 0.29) is 17.4 Å². The number of allylic oxidation sites excluding steroid dienone is 2. The second-order valence-electron chi connectivity index (χ2n) is 6.68. The highest BCUT2D eigenvalue weighted by Gasteiger charge is 2.32. The molecule has 0 spiro atoms. The SMILES string of the molecule is O=C(c1cccc(C(F)(F)F)c1)N1CCN(C(=O)[C@@H]2CC=CCC2)CC1. The van der Waals surface area contributed by atoms with Gasteiger partial charge in [-0.2, -0.15) is 13.2 Å². The minimum absolute atomic E-state index is 0.00530. The van der Waals surface area contributed by atoms with Crippen molar-refractivity contribution in [3.8, 4) is 0 Å². The Bertz CT molecular complexity index is 707. The summed E-state index contributed by atoms with van der Waals surface area (Å²) in [7, 11) is 0. The van der Waals surface area contributed by atoms with Crippen molar-refractivity contribution < 1.29 is 22.8 Å². The Hall–Kier alpha value is -2.31. The van der Waals surface area contributed by atoms with Crippen molar-refractivity contribution in [3.05, 3.63) is 47.5 Å². The van der Waals surface area contributed by atoms with Crippen LogP contribution in [0.2, 0.25) is 0 Å². The van der Waals surface area contributed by atoms with Gasteiger partial charge in [0.1, 0.15) is 0 Å². The van der Waals surface area contributed by atoms with Gasteiger partial charge in [-0.1, -0.05) is 18.2 Å². The zero-order valence-electron chi connectivity index (χ0n) is 14.3. The Kier molecular flexibility index (Phi) is 5.34. The molecule has 1 aromatic carbocycles. The molecule has 1 atom stereocenters. The van der Waals surface area contributed by atoms with Gasteiger partial charge in [-0.05, 0) is 37.5 Å². The number of hydrogen-bond acceptors (Lipinski definition) is 2. The van der Waals surface area contributed by atoms with Gasteiger partial charge >= 0.3 is 6.18 Å². The second kappa shape index (κ2) is 7.51. The zero-order chi connectivity index (χ0) is 18.7. The van der Waals surface area contributed by atoms with Crippen LogP contribution in [0.25, 0.3) is 0 Å². The number of halogens is 3. The largest absolute Gasteiger partial charge is 0.416 e. The highest BCUT2D eigenvalue weighted by Crippen LogP contribution is 2.30. The molecule has 7 heteroatoms. The van der Waals surface area contributed by atoms with Gasteiger partial charge in [0, 0.05) is 37.7 Å². The number of piperazine rings is 1. The molecule has 0 unspecified atom stereocenters. The van der Waals surface area contributed by atoms with Crippen molar-refractivity contribution in [1.82, 2.24) is 9.80 Å². The molecular formula is C19H21F3N2O2. The van der Waals surface area contributed by atoms with Crippen molar-refractivity contribution >= 4 is 11.8 Å². The van der Waals surface area contributed by atoms with Crippen LogP contribution in [0.3, 0.4) is 0 Å². The highest BCUT2D eigenvalue weighted by atomic mass is 19.4. The third-order valence-electron chi connectivity index (χ3n) is 4.93. The maximum absolute atomic E-state index is 12.8. The number of carbonyl (C=O) groups is 2. The Morgan fingerprint density at radius 1 is 1.00 bits per heavy atom. The molecule has 1 aliphatic carbocycles. The Morgan fingerprint density at radius 3 is 2.31 bits per heavy atom. The quantitative estimate of drug-likeness (QED) is 0.753. The molecule has 2 aliphatic rings. The molecule has 1 heterocycles. The summed E-state index contributed by atoms with van der Waals surface area (Å²) in [4.78, 5) is 28.3. The standard InChI is InChI=1S/C19H21F3N2O2/c20-19(21,22)16-8-4-7-15(13-16)18(26)24-11-9-23(10-12-24)17(25)14-5-2-1-3-6-14/h1-2,4,7-8,13-14H,3,5-6,9-12H2/t14-/m1/s1. The summed E-state index contributed by atoms with van der Waals surface area (Å²) in [5, 5.41) is 0. The van der Waals surface area contributed by atoms with Gasteiger partial charge in [0.15, 0.2) is 0 Å². The number of amides is 2. The first kappa shape index (κ1) is 18.5. The van der Waals surface area contributed by atoms with Gasteiger partial charge in [0.05, 0.1) is 5.56 Å². The molecule has 3 rings (SSSR count). The van der Waals surface area contributed by atoms with E-state index in [1.165, 1.54) is 17.0 Å². The lowest BCUT2D eigenvalue weighted by molar-refractivity contribution is -0.138. The molecule has 1 aromatic rings. The van der Waals surface area contributed by atoms with Gasteiger partial charge in [0.2, 0.25) is 5.91 Å². The van der Waals surface area contributed by atoms with Crippen LogP contribution in [-0.2, 0) is 11.0 Å². The van der Waals surface area contributed by atoms with Crippen LogP contribution >= 0.6 is 0 Å². The monoisotopic (exact) mass is 366 g/mol. The lowest BCUT2D eigenvalue weighted by atomic mass is 9.93. The predicted molar refractivity (Wildman–Crippen MR) is 90.4 cm³/mol. The molecule has 1 aliphatic heterocycles. The summed E-state index contributed by atoms with van der Waals surface area (Å²) >= 11 is 0. The molecule has 26 heavy (non-hydrogen) atoms. The number of hydrogen-bond donors (Lipinski definition) is 0. The number of benzene rings is 1. The number of rotatable bonds is 2. The summed E-state index contributed by atoms with van der Waals surface area (Å²) in [5.41, 5.74) is -0.806. The van der Waals surface area contributed by atoms with E-state index < -0.39 is 17.6 Å². The molecule has 2 amide bonds. The van der Waals surface area contributed by atoms with Crippen LogP contribution in [0.4, 0.5) is 13.2 Å². The summed E-state index contributed by atoms with van der Waals surface area (Å²) in [6.07, 6.45) is 2.14. The van der Waals surface area contributed by atoms with Crippen LogP contribution in [0.5, 0.6) is 0 Å². The molecular weight excluding hydrogens is 345 g/mol. The summed E-state index contributed by atoms with van der Waals surface area (Å²) in [6, 6.07) is 4.47. The third-order valence-corrected chi connectivity index (χ3v) is 4.93. The van der Waals surface area contributed by atoms with Crippen LogP contribution < -0.4 is 0 Å². The molecule has 140 valence electrons. The van der Waals surface area contributed by atoms with E-state index in [2.05, 4.69) is 6.08 Å². The van der Waals surface area contributed by atoms with Gasteiger partial charge in [-0.3, -0.25) is 9.59 Å². The van der Waals surface area contributed by atoms with E-state index in [9.17, 15) is 22.8 Å². The normalized spacial score (nSPS) is 21.0. The minimum atomic E-state index is -4.48. The Labute approximate surface area is 150 Å². The van der Waals surface area contributed by atoms with Gasteiger partial charge in [-0.25, -0.2) is 0 Å². The molecule has 0 bridgehead atoms. The van der Waals surface area contributed by atoms with Crippen molar-refractivity contribution in [2.24, 2.45) is 5.92 Å². The number of carbonyl (C=O) groups excluding carboxylic acids is 2. The van der Waals surface area contributed by atoms with E-state index in [0.29, 0.717) is 26.2 Å². The zero-order valence-corrected chi connectivity index (χ0v) is 14.3. The van der Waals surface area contributed by atoms with Gasteiger partial charge < -0.3 is 9.80 Å². The van der Waals surface area contributed by atoms with E-state index in [0.717, 1.165) is 31.4 Å². The topological polar surface area (TPSA) is 40.6 Å². The summed E-state index contributed by atoms with van der Waals surface area (Å²) < 4.78 is 38.4. The number of alkyl halides is 3. The summed E-state index contributed by atoms with van der Waals surface area (Å²) in [5.74, 6) is -0.310. The Balaban J connectivity index is 1.60. The molecule has 0 aromatic heterocycles. The molecule has 1 saturated heterocycles. The molecule has 0 saturated carbocycles. The average molecular weight is 366 g/mol. The van der Waals surface area contributed by atoms with E-state index in [4.69, 9.17) is 0 Å². The number of nitrogens with zero attached hydrogens (tertiary/aromatic N) is 2. The second-order valence-corrected chi connectivity index (χ2v) is 6.68. The van der Waals surface area contributed by atoms with Crippen LogP contribution in [-0.4, -0.2) is 47.8 Å². The predicted octanol–water partition coefficient (Wildman–Crippen LogP) is 3.35. The molecule has 0 N–H and O–H groups in total. The van der Waals surface area contributed by atoms with Gasteiger partial charge in [0.25, 0.3) is 5.91 Å². The van der Waals surface area contributed by atoms with Crippen LogP contribution in [0, 0.1) is 5.92 Å². The average Bonchev–Trinajstić information content (AvgIpc) is 2.67. The van der Waals surface area contributed by atoms with E-state index >= 15 is 0 Å². The molecule has 4 nitrogen and oxygen atoms in total. The highest BCUT2D eigenvalue weighted by molar-refractivity contribution is 5.94. The van der Waals surface area contributed by atoms with Crippen LogP contribution in [0.15, 0.2) is 36.4 Å².